The summed E-state index contributed by atoms with van der Waals surface area (Å²) in [6, 6.07) is 15.7. The SMILES string of the molecule is Cc1cc(C)nc(NC(=O)C2CCCN(c3ccc(-n4ccnc4-c4ccccc4)nn3)C2)n1. The maximum absolute atomic E-state index is 12.9. The molecule has 34 heavy (non-hydrogen) atoms. The zero-order valence-electron chi connectivity index (χ0n) is 19.2. The molecule has 1 aliphatic rings. The highest BCUT2D eigenvalue weighted by molar-refractivity contribution is 5.91. The zero-order chi connectivity index (χ0) is 23.5. The molecule has 1 aliphatic heterocycles. The Morgan fingerprint density at radius 1 is 1.00 bits per heavy atom. The molecule has 0 saturated carbocycles. The van der Waals surface area contributed by atoms with E-state index in [0.717, 1.165) is 48.0 Å². The number of carbonyl (C=O) groups is 1. The molecule has 1 N–H and O–H groups in total. The largest absolute Gasteiger partial charge is 0.354 e. The topological polar surface area (TPSA) is 102 Å². The van der Waals surface area contributed by atoms with Crippen molar-refractivity contribution in [1.29, 1.82) is 0 Å². The molecule has 4 aromatic rings. The molecular weight excluding hydrogens is 428 g/mol. The first-order valence-electron chi connectivity index (χ1n) is 11.4. The van der Waals surface area contributed by atoms with Crippen LogP contribution in [0.4, 0.5) is 11.8 Å². The lowest BCUT2D eigenvalue weighted by Gasteiger charge is -2.32. The van der Waals surface area contributed by atoms with Gasteiger partial charge < -0.3 is 4.90 Å². The van der Waals surface area contributed by atoms with Crippen LogP contribution in [0.15, 0.2) is 60.9 Å². The molecule has 9 nitrogen and oxygen atoms in total. The van der Waals surface area contributed by atoms with Crippen LogP contribution in [0.25, 0.3) is 17.2 Å². The van der Waals surface area contributed by atoms with Crippen molar-refractivity contribution in [3.8, 4) is 17.2 Å². The Morgan fingerprint density at radius 2 is 1.74 bits per heavy atom. The standard InChI is InChI=1S/C25H26N8O/c1-17-15-18(2)28-25(27-17)29-24(34)20-9-6-13-32(16-20)21-10-11-22(31-30-21)33-14-12-26-23(33)19-7-4-3-5-8-19/h3-5,7-8,10-12,14-15,20H,6,9,13,16H2,1-2H3,(H,27,28,29,34). The maximum atomic E-state index is 12.9. The highest BCUT2D eigenvalue weighted by Gasteiger charge is 2.27. The lowest BCUT2D eigenvalue weighted by Crippen LogP contribution is -2.41. The third-order valence-electron chi connectivity index (χ3n) is 5.89. The van der Waals surface area contributed by atoms with Gasteiger partial charge in [0.05, 0.1) is 5.92 Å². The van der Waals surface area contributed by atoms with Gasteiger partial charge in [0.15, 0.2) is 11.6 Å². The van der Waals surface area contributed by atoms with Crippen molar-refractivity contribution < 1.29 is 4.79 Å². The molecule has 4 heterocycles. The Kier molecular flexibility index (Phi) is 5.99. The minimum absolute atomic E-state index is 0.0646. The van der Waals surface area contributed by atoms with Gasteiger partial charge in [0.25, 0.3) is 0 Å². The molecule has 5 rings (SSSR count). The first kappa shape index (κ1) is 21.7. The average Bonchev–Trinajstić information content (AvgIpc) is 3.34. The Hall–Kier alpha value is -4.14. The van der Waals surface area contributed by atoms with Crippen LogP contribution >= 0.6 is 0 Å². The Labute approximate surface area is 197 Å². The van der Waals surface area contributed by atoms with Crippen LogP contribution in [0.5, 0.6) is 0 Å². The molecule has 0 spiro atoms. The number of nitrogens with one attached hydrogen (secondary N) is 1. The van der Waals surface area contributed by atoms with Crippen molar-refractivity contribution >= 4 is 17.7 Å². The highest BCUT2D eigenvalue weighted by Crippen LogP contribution is 2.24. The van der Waals surface area contributed by atoms with Crippen molar-refractivity contribution in [1.82, 2.24) is 29.7 Å². The summed E-state index contributed by atoms with van der Waals surface area (Å²) in [5.74, 6) is 2.39. The van der Waals surface area contributed by atoms with Gasteiger partial charge in [0.2, 0.25) is 11.9 Å². The molecule has 1 amide bonds. The number of carbonyl (C=O) groups excluding carboxylic acids is 1. The molecular formula is C25H26N8O. The fourth-order valence-electron chi connectivity index (χ4n) is 4.30. The first-order valence-corrected chi connectivity index (χ1v) is 11.4. The second-order valence-electron chi connectivity index (χ2n) is 8.49. The van der Waals surface area contributed by atoms with Gasteiger partial charge >= 0.3 is 0 Å². The van der Waals surface area contributed by atoms with Gasteiger partial charge in [-0.3, -0.25) is 14.7 Å². The van der Waals surface area contributed by atoms with Crippen molar-refractivity contribution in [2.75, 3.05) is 23.3 Å². The molecule has 1 saturated heterocycles. The Balaban J connectivity index is 1.29. The van der Waals surface area contributed by atoms with Gasteiger partial charge in [0.1, 0.15) is 5.82 Å². The lowest BCUT2D eigenvalue weighted by atomic mass is 9.97. The van der Waals surface area contributed by atoms with E-state index in [1.807, 2.05) is 73.1 Å². The average molecular weight is 455 g/mol. The summed E-state index contributed by atoms with van der Waals surface area (Å²) in [4.78, 5) is 28.1. The number of anilines is 2. The molecule has 1 unspecified atom stereocenters. The Morgan fingerprint density at radius 3 is 2.47 bits per heavy atom. The van der Waals surface area contributed by atoms with Crippen molar-refractivity contribution in [3.63, 3.8) is 0 Å². The minimum atomic E-state index is -0.169. The summed E-state index contributed by atoms with van der Waals surface area (Å²) in [7, 11) is 0. The number of aryl methyl sites for hydroxylation is 2. The summed E-state index contributed by atoms with van der Waals surface area (Å²) in [6.45, 7) is 5.19. The van der Waals surface area contributed by atoms with E-state index in [4.69, 9.17) is 0 Å². The minimum Gasteiger partial charge on any atom is -0.354 e. The van der Waals surface area contributed by atoms with Gasteiger partial charge in [0, 0.05) is 42.4 Å². The monoisotopic (exact) mass is 454 g/mol. The summed E-state index contributed by atoms with van der Waals surface area (Å²) in [5.41, 5.74) is 2.67. The van der Waals surface area contributed by atoms with E-state index >= 15 is 0 Å². The number of hydrogen-bond donors (Lipinski definition) is 1. The molecule has 172 valence electrons. The van der Waals surface area contributed by atoms with Gasteiger partial charge in [-0.2, -0.15) is 0 Å². The smallest absolute Gasteiger partial charge is 0.231 e. The molecule has 0 aliphatic carbocycles. The third-order valence-corrected chi connectivity index (χ3v) is 5.89. The van der Waals surface area contributed by atoms with Crippen LogP contribution in [0.1, 0.15) is 24.2 Å². The van der Waals surface area contributed by atoms with E-state index in [1.165, 1.54) is 0 Å². The van der Waals surface area contributed by atoms with Gasteiger partial charge in [-0.15, -0.1) is 10.2 Å². The number of nitrogens with zero attached hydrogens (tertiary/aromatic N) is 7. The molecule has 1 atom stereocenters. The van der Waals surface area contributed by atoms with Crippen molar-refractivity contribution in [2.45, 2.75) is 26.7 Å². The molecule has 0 radical (unpaired) electrons. The molecule has 1 fully saturated rings. The zero-order valence-corrected chi connectivity index (χ0v) is 19.2. The highest BCUT2D eigenvalue weighted by atomic mass is 16.2. The van der Waals surface area contributed by atoms with Crippen molar-refractivity contribution in [3.05, 3.63) is 72.3 Å². The maximum Gasteiger partial charge on any atom is 0.231 e. The molecule has 1 aromatic carbocycles. The number of benzene rings is 1. The predicted octanol–water partition coefficient (Wildman–Crippen LogP) is 3.59. The van der Waals surface area contributed by atoms with E-state index in [-0.39, 0.29) is 11.8 Å². The summed E-state index contributed by atoms with van der Waals surface area (Å²) in [6.07, 6.45) is 5.34. The quantitative estimate of drug-likeness (QED) is 0.492. The van der Waals surface area contributed by atoms with Crippen LogP contribution < -0.4 is 10.2 Å². The Bertz CT molecular complexity index is 1270. The van der Waals surface area contributed by atoms with Crippen LogP contribution in [-0.4, -0.2) is 48.7 Å². The van der Waals surface area contributed by atoms with E-state index in [0.29, 0.717) is 18.3 Å². The molecule has 3 aromatic heterocycles. The van der Waals surface area contributed by atoms with Gasteiger partial charge in [-0.1, -0.05) is 30.3 Å². The van der Waals surface area contributed by atoms with E-state index in [2.05, 4.69) is 35.4 Å². The summed E-state index contributed by atoms with van der Waals surface area (Å²) >= 11 is 0. The number of imidazole rings is 1. The number of rotatable bonds is 5. The van der Waals surface area contributed by atoms with Crippen LogP contribution in [0, 0.1) is 19.8 Å². The number of hydrogen-bond acceptors (Lipinski definition) is 7. The van der Waals surface area contributed by atoms with E-state index in [9.17, 15) is 4.79 Å². The summed E-state index contributed by atoms with van der Waals surface area (Å²) in [5, 5.41) is 11.8. The van der Waals surface area contributed by atoms with Gasteiger partial charge in [-0.25, -0.2) is 15.0 Å². The van der Waals surface area contributed by atoms with Gasteiger partial charge in [-0.05, 0) is 44.9 Å². The van der Waals surface area contributed by atoms with Crippen LogP contribution in [0.3, 0.4) is 0 Å². The molecule has 0 bridgehead atoms. The fourth-order valence-corrected chi connectivity index (χ4v) is 4.30. The number of aromatic nitrogens is 6. The number of amides is 1. The normalized spacial score (nSPS) is 15.8. The second kappa shape index (κ2) is 9.38. The first-order chi connectivity index (χ1) is 16.6. The molecule has 9 heteroatoms. The lowest BCUT2D eigenvalue weighted by molar-refractivity contribution is -0.120. The van der Waals surface area contributed by atoms with Crippen molar-refractivity contribution in [2.24, 2.45) is 5.92 Å². The summed E-state index contributed by atoms with van der Waals surface area (Å²) < 4.78 is 1.92. The van der Waals surface area contributed by atoms with Crippen LogP contribution in [0.2, 0.25) is 0 Å². The number of piperidine rings is 1. The van der Waals surface area contributed by atoms with E-state index < -0.39 is 0 Å². The van der Waals surface area contributed by atoms with E-state index in [1.54, 1.807) is 6.20 Å². The third kappa shape index (κ3) is 4.63. The van der Waals surface area contributed by atoms with Crippen LogP contribution in [-0.2, 0) is 4.79 Å². The fraction of sp³-hybridized carbons (Fsp3) is 0.280. The second-order valence-corrected chi connectivity index (χ2v) is 8.49. The predicted molar refractivity (Wildman–Crippen MR) is 130 cm³/mol.